The second kappa shape index (κ2) is 7.11. The van der Waals surface area contributed by atoms with Crippen molar-refractivity contribution in [1.29, 1.82) is 0 Å². The van der Waals surface area contributed by atoms with Crippen molar-refractivity contribution >= 4 is 11.7 Å². The standard InChI is InChI=1S/C17H26N2O4/c1-13(20)18-15-11-14(19(15)21)17(8-4-2-5-9-17)12-23-16-7-3-6-10-22-16/h11,16,21H,2-10,12H2,1H3. The van der Waals surface area contributed by atoms with Crippen LogP contribution in [0.3, 0.4) is 0 Å². The Morgan fingerprint density at radius 1 is 1.39 bits per heavy atom. The predicted molar refractivity (Wildman–Crippen MR) is 84.9 cm³/mol. The summed E-state index contributed by atoms with van der Waals surface area (Å²) in [5, 5.41) is 11.3. The van der Waals surface area contributed by atoms with Gasteiger partial charge in [-0.2, -0.15) is 4.99 Å². The van der Waals surface area contributed by atoms with Crippen LogP contribution in [0.1, 0.15) is 58.3 Å². The molecule has 0 spiro atoms. The fraction of sp³-hybridized carbons (Fsp3) is 0.765. The lowest BCUT2D eigenvalue weighted by Crippen LogP contribution is -2.47. The maximum absolute atomic E-state index is 11.1. The summed E-state index contributed by atoms with van der Waals surface area (Å²) in [5.41, 5.74) is 0.636. The molecule has 0 bridgehead atoms. The number of hydrogen-bond donors (Lipinski definition) is 1. The lowest BCUT2D eigenvalue weighted by molar-refractivity contribution is -0.183. The first-order chi connectivity index (χ1) is 11.1. The van der Waals surface area contributed by atoms with Gasteiger partial charge in [-0.25, -0.2) is 5.06 Å². The first kappa shape index (κ1) is 16.6. The zero-order valence-electron chi connectivity index (χ0n) is 13.8. The van der Waals surface area contributed by atoms with Gasteiger partial charge in [-0.3, -0.25) is 10.0 Å². The van der Waals surface area contributed by atoms with E-state index in [0.29, 0.717) is 12.4 Å². The van der Waals surface area contributed by atoms with Gasteiger partial charge in [0.25, 0.3) is 0 Å². The maximum atomic E-state index is 11.1. The van der Waals surface area contributed by atoms with Gasteiger partial charge in [-0.1, -0.05) is 19.3 Å². The summed E-state index contributed by atoms with van der Waals surface area (Å²) < 4.78 is 11.7. The second-order valence-corrected chi connectivity index (χ2v) is 6.78. The van der Waals surface area contributed by atoms with Gasteiger partial charge >= 0.3 is 0 Å². The molecule has 6 heteroatoms. The summed E-state index contributed by atoms with van der Waals surface area (Å²) in [7, 11) is 0. The largest absolute Gasteiger partial charge is 0.353 e. The van der Waals surface area contributed by atoms with E-state index in [1.165, 1.54) is 13.3 Å². The Hall–Kier alpha value is -1.24. The number of nitrogens with zero attached hydrogens (tertiary/aromatic N) is 2. The van der Waals surface area contributed by atoms with Gasteiger partial charge in [0, 0.05) is 25.0 Å². The molecule has 6 nitrogen and oxygen atoms in total. The lowest BCUT2D eigenvalue weighted by Gasteiger charge is -2.45. The first-order valence-electron chi connectivity index (χ1n) is 8.64. The van der Waals surface area contributed by atoms with E-state index in [2.05, 4.69) is 4.99 Å². The van der Waals surface area contributed by atoms with Crippen LogP contribution in [0.5, 0.6) is 0 Å². The average Bonchev–Trinajstić information content (AvgIpc) is 2.58. The third-order valence-electron chi connectivity index (χ3n) is 5.02. The van der Waals surface area contributed by atoms with E-state index in [-0.39, 0.29) is 17.6 Å². The van der Waals surface area contributed by atoms with Crippen molar-refractivity contribution in [3.63, 3.8) is 0 Å². The van der Waals surface area contributed by atoms with Crippen LogP contribution in [-0.2, 0) is 14.3 Å². The third kappa shape index (κ3) is 3.65. The SMILES string of the molecule is CC(=O)N=C1C=C(C2(COC3CCCCO3)CCCCC2)N1O. The van der Waals surface area contributed by atoms with Gasteiger partial charge < -0.3 is 9.47 Å². The Bertz CT molecular complexity index is 503. The highest BCUT2D eigenvalue weighted by molar-refractivity contribution is 6.05. The van der Waals surface area contributed by atoms with E-state index >= 15 is 0 Å². The van der Waals surface area contributed by atoms with Crippen molar-refractivity contribution in [2.75, 3.05) is 13.2 Å². The number of hydroxylamine groups is 2. The number of ether oxygens (including phenoxy) is 2. The predicted octanol–water partition coefficient (Wildman–Crippen LogP) is 3.01. The fourth-order valence-electron chi connectivity index (χ4n) is 3.72. The Labute approximate surface area is 137 Å². The summed E-state index contributed by atoms with van der Waals surface area (Å²) in [6, 6.07) is 0. The lowest BCUT2D eigenvalue weighted by atomic mass is 9.70. The third-order valence-corrected chi connectivity index (χ3v) is 5.02. The molecule has 0 radical (unpaired) electrons. The summed E-state index contributed by atoms with van der Waals surface area (Å²) in [4.78, 5) is 14.9. The van der Waals surface area contributed by atoms with Crippen molar-refractivity contribution in [1.82, 2.24) is 5.06 Å². The zero-order chi connectivity index (χ0) is 16.3. The molecule has 0 aromatic rings. The summed E-state index contributed by atoms with van der Waals surface area (Å²) in [6.45, 7) is 2.70. The Morgan fingerprint density at radius 2 is 2.17 bits per heavy atom. The number of carbonyl (C=O) groups excluding carboxylic acids is 1. The van der Waals surface area contributed by atoms with Crippen molar-refractivity contribution in [2.45, 2.75) is 64.6 Å². The number of amides is 1. The molecule has 3 aliphatic rings. The molecule has 3 rings (SSSR count). The molecule has 1 atom stereocenters. The molecule has 1 unspecified atom stereocenters. The number of rotatable bonds is 4. The molecule has 1 saturated heterocycles. The van der Waals surface area contributed by atoms with Gasteiger partial charge in [0.15, 0.2) is 12.1 Å². The van der Waals surface area contributed by atoms with Gasteiger partial charge in [0.2, 0.25) is 5.91 Å². The summed E-state index contributed by atoms with van der Waals surface area (Å²) >= 11 is 0. The van der Waals surface area contributed by atoms with Crippen molar-refractivity contribution in [2.24, 2.45) is 10.4 Å². The Morgan fingerprint density at radius 3 is 2.78 bits per heavy atom. The first-order valence-corrected chi connectivity index (χ1v) is 8.64. The minimum absolute atomic E-state index is 0.124. The molecule has 2 aliphatic heterocycles. The highest BCUT2D eigenvalue weighted by Gasteiger charge is 2.44. The molecular weight excluding hydrogens is 296 g/mol. The molecule has 0 aromatic carbocycles. The van der Waals surface area contributed by atoms with Gasteiger partial charge in [0.1, 0.15) is 0 Å². The highest BCUT2D eigenvalue weighted by atomic mass is 16.7. The number of aliphatic imine (C=N–C) groups is 1. The highest BCUT2D eigenvalue weighted by Crippen LogP contribution is 2.46. The molecule has 1 amide bonds. The molecule has 2 fully saturated rings. The molecule has 1 saturated carbocycles. The fourth-order valence-corrected chi connectivity index (χ4v) is 3.72. The topological polar surface area (TPSA) is 71.4 Å². The average molecular weight is 322 g/mol. The normalized spacial score (nSPS) is 29.1. The molecular formula is C17H26N2O4. The van der Waals surface area contributed by atoms with Crippen LogP contribution in [-0.4, -0.2) is 41.5 Å². The molecule has 0 aromatic heterocycles. The Kier molecular flexibility index (Phi) is 5.14. The van der Waals surface area contributed by atoms with Crippen LogP contribution in [0.4, 0.5) is 0 Å². The van der Waals surface area contributed by atoms with E-state index < -0.39 is 0 Å². The van der Waals surface area contributed by atoms with Crippen LogP contribution in [0, 0.1) is 5.41 Å². The van der Waals surface area contributed by atoms with E-state index in [0.717, 1.165) is 62.3 Å². The Balaban J connectivity index is 1.71. The smallest absolute Gasteiger partial charge is 0.244 e. The van der Waals surface area contributed by atoms with Crippen LogP contribution in [0.15, 0.2) is 16.8 Å². The van der Waals surface area contributed by atoms with E-state index in [4.69, 9.17) is 9.47 Å². The van der Waals surface area contributed by atoms with Gasteiger partial charge in [0.05, 0.1) is 12.3 Å². The zero-order valence-corrected chi connectivity index (χ0v) is 13.8. The number of hydrogen-bond acceptors (Lipinski definition) is 4. The summed E-state index contributed by atoms with van der Waals surface area (Å²) in [6.07, 6.45) is 10.3. The van der Waals surface area contributed by atoms with E-state index in [9.17, 15) is 10.0 Å². The molecule has 23 heavy (non-hydrogen) atoms. The molecule has 128 valence electrons. The molecule has 2 heterocycles. The van der Waals surface area contributed by atoms with Gasteiger partial charge in [-0.05, 0) is 32.1 Å². The van der Waals surface area contributed by atoms with E-state index in [1.54, 1.807) is 0 Å². The maximum Gasteiger partial charge on any atom is 0.244 e. The number of carbonyl (C=O) groups is 1. The second-order valence-electron chi connectivity index (χ2n) is 6.78. The quantitative estimate of drug-likeness (QED) is 0.861. The van der Waals surface area contributed by atoms with Crippen molar-refractivity contribution in [3.8, 4) is 0 Å². The minimum Gasteiger partial charge on any atom is -0.353 e. The summed E-state index contributed by atoms with van der Waals surface area (Å²) in [5.74, 6) is 0.0188. The molecule has 1 N–H and O–H groups in total. The monoisotopic (exact) mass is 322 g/mol. The number of amidine groups is 1. The van der Waals surface area contributed by atoms with Crippen molar-refractivity contribution < 1.29 is 19.5 Å². The van der Waals surface area contributed by atoms with E-state index in [1.807, 2.05) is 6.08 Å². The van der Waals surface area contributed by atoms with Gasteiger partial charge in [-0.15, -0.1) is 0 Å². The van der Waals surface area contributed by atoms with Crippen LogP contribution in [0.2, 0.25) is 0 Å². The molecule has 1 aliphatic carbocycles. The van der Waals surface area contributed by atoms with Crippen LogP contribution < -0.4 is 0 Å². The minimum atomic E-state index is -0.307. The van der Waals surface area contributed by atoms with Crippen LogP contribution in [0.25, 0.3) is 0 Å². The van der Waals surface area contributed by atoms with Crippen LogP contribution >= 0.6 is 0 Å². The van der Waals surface area contributed by atoms with Crippen molar-refractivity contribution in [3.05, 3.63) is 11.8 Å².